The minimum atomic E-state index is -0.637. The number of aromatic nitrogens is 1. The van der Waals surface area contributed by atoms with Crippen molar-refractivity contribution in [3.05, 3.63) is 69.8 Å². The van der Waals surface area contributed by atoms with E-state index < -0.39 is 10.8 Å². The number of likely N-dealkylation sites (N-methyl/N-ethyl adjacent to an activating group) is 1. The zero-order valence-corrected chi connectivity index (χ0v) is 17.1. The van der Waals surface area contributed by atoms with Crippen molar-refractivity contribution in [2.24, 2.45) is 5.73 Å². The van der Waals surface area contributed by atoms with E-state index in [9.17, 15) is 14.9 Å². The lowest BCUT2D eigenvalue weighted by Gasteiger charge is -2.12. The summed E-state index contributed by atoms with van der Waals surface area (Å²) in [6.45, 7) is 0.672. The standard InChI is InChI=1S/C22H24N4O4/c1-25(2)12-11-17-19(22(23)27)21(16-9-4-5-10-18(16)26(28)29)24-20(17)14-7-6-8-15(13-14)30-3/h4-10,13,24H,11-12H2,1-3H3,(H2,23,27). The number of primary amides is 1. The van der Waals surface area contributed by atoms with Crippen LogP contribution in [0.2, 0.25) is 0 Å². The molecule has 3 aromatic rings. The van der Waals surface area contributed by atoms with E-state index in [2.05, 4.69) is 4.98 Å². The minimum Gasteiger partial charge on any atom is -0.497 e. The third-order valence-electron chi connectivity index (χ3n) is 4.89. The Bertz CT molecular complexity index is 1090. The molecule has 0 spiro atoms. The van der Waals surface area contributed by atoms with Crippen LogP contribution >= 0.6 is 0 Å². The molecule has 0 aliphatic carbocycles. The summed E-state index contributed by atoms with van der Waals surface area (Å²) in [5, 5.41) is 11.6. The molecule has 0 atom stereocenters. The van der Waals surface area contributed by atoms with Crippen molar-refractivity contribution in [2.45, 2.75) is 6.42 Å². The second kappa shape index (κ2) is 8.79. The molecule has 156 valence electrons. The van der Waals surface area contributed by atoms with Crippen molar-refractivity contribution < 1.29 is 14.5 Å². The number of amides is 1. The van der Waals surface area contributed by atoms with Gasteiger partial charge in [-0.2, -0.15) is 0 Å². The van der Waals surface area contributed by atoms with Crippen LogP contribution in [-0.2, 0) is 6.42 Å². The Kier molecular flexibility index (Phi) is 6.17. The lowest BCUT2D eigenvalue weighted by Crippen LogP contribution is -2.19. The van der Waals surface area contributed by atoms with Gasteiger partial charge in [0, 0.05) is 18.2 Å². The minimum absolute atomic E-state index is 0.0994. The van der Waals surface area contributed by atoms with Gasteiger partial charge < -0.3 is 20.4 Å². The highest BCUT2D eigenvalue weighted by Gasteiger charge is 2.27. The van der Waals surface area contributed by atoms with Crippen molar-refractivity contribution in [1.29, 1.82) is 0 Å². The number of carbonyl (C=O) groups is 1. The molecule has 1 aromatic heterocycles. The van der Waals surface area contributed by atoms with Crippen LogP contribution in [0.1, 0.15) is 15.9 Å². The van der Waals surface area contributed by atoms with Gasteiger partial charge in [0.2, 0.25) is 0 Å². The molecule has 0 saturated heterocycles. The molecule has 2 aromatic carbocycles. The molecule has 0 fully saturated rings. The number of benzene rings is 2. The van der Waals surface area contributed by atoms with Gasteiger partial charge in [-0.15, -0.1) is 0 Å². The van der Waals surface area contributed by atoms with Crippen LogP contribution < -0.4 is 10.5 Å². The van der Waals surface area contributed by atoms with Gasteiger partial charge in [0.25, 0.3) is 11.6 Å². The molecule has 0 aliphatic heterocycles. The highest BCUT2D eigenvalue weighted by atomic mass is 16.6. The first-order chi connectivity index (χ1) is 14.3. The monoisotopic (exact) mass is 408 g/mol. The van der Waals surface area contributed by atoms with Gasteiger partial charge in [-0.25, -0.2) is 0 Å². The SMILES string of the molecule is COc1cccc(-c2[nH]c(-c3ccccc3[N+](=O)[O-])c(C(N)=O)c2CCN(C)C)c1. The van der Waals surface area contributed by atoms with E-state index >= 15 is 0 Å². The summed E-state index contributed by atoms with van der Waals surface area (Å²) >= 11 is 0. The average Bonchev–Trinajstić information content (AvgIpc) is 3.12. The number of nitrogens with two attached hydrogens (primary N) is 1. The maximum absolute atomic E-state index is 12.5. The summed E-state index contributed by atoms with van der Waals surface area (Å²) in [6.07, 6.45) is 0.537. The number of hydrogen-bond acceptors (Lipinski definition) is 5. The number of rotatable bonds is 8. The number of methoxy groups -OCH3 is 1. The number of nitrogens with one attached hydrogen (secondary N) is 1. The summed E-state index contributed by atoms with van der Waals surface area (Å²) in [7, 11) is 5.45. The Hall–Kier alpha value is -3.65. The fourth-order valence-corrected chi connectivity index (χ4v) is 3.47. The molecule has 1 heterocycles. The number of nitro benzene ring substituents is 1. The Morgan fingerprint density at radius 3 is 2.53 bits per heavy atom. The first kappa shape index (κ1) is 21.1. The van der Waals surface area contributed by atoms with Crippen molar-refractivity contribution in [1.82, 2.24) is 9.88 Å². The zero-order valence-electron chi connectivity index (χ0n) is 17.1. The molecule has 8 nitrogen and oxygen atoms in total. The van der Waals surface area contributed by atoms with Crippen molar-refractivity contribution in [3.8, 4) is 28.3 Å². The molecule has 3 rings (SSSR count). The van der Waals surface area contributed by atoms with Crippen LogP contribution in [0.4, 0.5) is 5.69 Å². The highest BCUT2D eigenvalue weighted by Crippen LogP contribution is 2.38. The molecule has 0 unspecified atom stereocenters. The first-order valence-corrected chi connectivity index (χ1v) is 9.41. The van der Waals surface area contributed by atoms with Gasteiger partial charge >= 0.3 is 0 Å². The van der Waals surface area contributed by atoms with Gasteiger partial charge in [-0.1, -0.05) is 24.3 Å². The summed E-state index contributed by atoms with van der Waals surface area (Å²) in [6, 6.07) is 13.7. The van der Waals surface area contributed by atoms with Gasteiger partial charge in [0.05, 0.1) is 34.5 Å². The number of nitrogens with zero attached hydrogens (tertiary/aromatic N) is 2. The predicted octanol–water partition coefficient (Wildman–Crippen LogP) is 3.47. The summed E-state index contributed by atoms with van der Waals surface area (Å²) in [5.41, 5.74) is 8.81. The Balaban J connectivity index is 2.31. The van der Waals surface area contributed by atoms with E-state index in [1.165, 1.54) is 6.07 Å². The molecular weight excluding hydrogens is 384 g/mol. The fraction of sp³-hybridized carbons (Fsp3) is 0.227. The van der Waals surface area contributed by atoms with E-state index in [0.29, 0.717) is 35.7 Å². The van der Waals surface area contributed by atoms with Gasteiger partial charge in [0.1, 0.15) is 5.75 Å². The highest BCUT2D eigenvalue weighted by molar-refractivity contribution is 6.04. The van der Waals surface area contributed by atoms with Crippen LogP contribution in [0, 0.1) is 10.1 Å². The molecule has 3 N–H and O–H groups in total. The molecule has 1 amide bonds. The van der Waals surface area contributed by atoms with Crippen LogP contribution in [0.15, 0.2) is 48.5 Å². The second-order valence-electron chi connectivity index (χ2n) is 7.15. The molecule has 0 bridgehead atoms. The fourth-order valence-electron chi connectivity index (χ4n) is 3.47. The Morgan fingerprint density at radius 2 is 1.90 bits per heavy atom. The number of aromatic amines is 1. The summed E-state index contributed by atoms with van der Waals surface area (Å²) < 4.78 is 5.33. The van der Waals surface area contributed by atoms with Crippen LogP contribution in [0.5, 0.6) is 5.75 Å². The van der Waals surface area contributed by atoms with Crippen molar-refractivity contribution in [3.63, 3.8) is 0 Å². The van der Waals surface area contributed by atoms with Gasteiger partial charge in [0.15, 0.2) is 0 Å². The molecule has 0 radical (unpaired) electrons. The Labute approximate surface area is 174 Å². The summed E-state index contributed by atoms with van der Waals surface area (Å²) in [5.74, 6) is 0.0239. The number of hydrogen-bond donors (Lipinski definition) is 2. The Morgan fingerprint density at radius 1 is 1.17 bits per heavy atom. The van der Waals surface area contributed by atoms with E-state index in [-0.39, 0.29) is 11.3 Å². The number of H-pyrrole nitrogens is 1. The molecule has 0 aliphatic rings. The molecule has 0 saturated carbocycles. The van der Waals surface area contributed by atoms with Crippen LogP contribution in [-0.4, -0.2) is 48.5 Å². The second-order valence-corrected chi connectivity index (χ2v) is 7.15. The largest absolute Gasteiger partial charge is 0.497 e. The number of nitro groups is 1. The maximum Gasteiger partial charge on any atom is 0.278 e. The van der Waals surface area contributed by atoms with E-state index in [0.717, 1.165) is 11.1 Å². The smallest absolute Gasteiger partial charge is 0.278 e. The van der Waals surface area contributed by atoms with Crippen molar-refractivity contribution in [2.75, 3.05) is 27.7 Å². The molecular formula is C22H24N4O4. The summed E-state index contributed by atoms with van der Waals surface area (Å²) in [4.78, 5) is 28.9. The zero-order chi connectivity index (χ0) is 21.8. The normalized spacial score (nSPS) is 10.9. The predicted molar refractivity (Wildman–Crippen MR) is 116 cm³/mol. The first-order valence-electron chi connectivity index (χ1n) is 9.41. The molecule has 30 heavy (non-hydrogen) atoms. The van der Waals surface area contributed by atoms with E-state index in [1.54, 1.807) is 25.3 Å². The van der Waals surface area contributed by atoms with E-state index in [1.807, 2.05) is 43.3 Å². The topological polar surface area (TPSA) is 114 Å². The number of para-hydroxylation sites is 1. The quantitative estimate of drug-likeness (QED) is 0.437. The van der Waals surface area contributed by atoms with Crippen molar-refractivity contribution >= 4 is 11.6 Å². The van der Waals surface area contributed by atoms with Crippen LogP contribution in [0.3, 0.4) is 0 Å². The number of ether oxygens (including phenoxy) is 1. The third kappa shape index (κ3) is 4.18. The molecule has 8 heteroatoms. The van der Waals surface area contributed by atoms with Crippen LogP contribution in [0.25, 0.3) is 22.5 Å². The number of carbonyl (C=O) groups excluding carboxylic acids is 1. The average molecular weight is 408 g/mol. The van der Waals surface area contributed by atoms with Gasteiger partial charge in [-0.05, 0) is 44.3 Å². The maximum atomic E-state index is 12.5. The van der Waals surface area contributed by atoms with E-state index in [4.69, 9.17) is 10.5 Å². The third-order valence-corrected chi connectivity index (χ3v) is 4.89. The lowest BCUT2D eigenvalue weighted by molar-refractivity contribution is -0.384. The lowest BCUT2D eigenvalue weighted by atomic mass is 9.98. The van der Waals surface area contributed by atoms with Gasteiger partial charge in [-0.3, -0.25) is 14.9 Å².